The van der Waals surface area contributed by atoms with Crippen LogP contribution in [0.5, 0.6) is 0 Å². The highest BCUT2D eigenvalue weighted by Gasteiger charge is 2.27. The van der Waals surface area contributed by atoms with Gasteiger partial charge in [0.15, 0.2) is 0 Å². The molecular weight excluding hydrogens is 326 g/mol. The van der Waals surface area contributed by atoms with E-state index >= 15 is 0 Å². The number of halogens is 1. The first-order chi connectivity index (χ1) is 9.15. The van der Waals surface area contributed by atoms with E-state index in [4.69, 9.17) is 4.42 Å². The van der Waals surface area contributed by atoms with Gasteiger partial charge in [-0.3, -0.25) is 4.21 Å². The zero-order valence-electron chi connectivity index (χ0n) is 10.7. The summed E-state index contributed by atoms with van der Waals surface area (Å²) < 4.78 is 18.8. The fraction of sp³-hybridized carbons (Fsp3) is 0.429. The van der Waals surface area contributed by atoms with Gasteiger partial charge in [-0.25, -0.2) is 0 Å². The molecule has 1 aromatic carbocycles. The second-order valence-electron chi connectivity index (χ2n) is 4.93. The van der Waals surface area contributed by atoms with E-state index in [0.29, 0.717) is 11.8 Å². The Hall–Kier alpha value is -0.650. The lowest BCUT2D eigenvalue weighted by molar-refractivity contribution is 0.398. The largest absolute Gasteiger partial charge is 0.459 e. The maximum Gasteiger partial charge on any atom is 0.134 e. The highest BCUT2D eigenvalue weighted by atomic mass is 79.9. The number of nitrogens with one attached hydrogen (secondary N) is 1. The molecule has 3 nitrogen and oxygen atoms in total. The molecule has 0 amide bonds. The van der Waals surface area contributed by atoms with Crippen LogP contribution in [-0.4, -0.2) is 21.8 Å². The highest BCUT2D eigenvalue weighted by molar-refractivity contribution is 9.10. The van der Waals surface area contributed by atoms with Crippen LogP contribution >= 0.6 is 15.9 Å². The predicted octanol–water partition coefficient (Wildman–Crippen LogP) is 3.37. The van der Waals surface area contributed by atoms with Gasteiger partial charge in [-0.2, -0.15) is 0 Å². The Morgan fingerprint density at radius 1 is 1.42 bits per heavy atom. The molecule has 1 aliphatic heterocycles. The van der Waals surface area contributed by atoms with Crippen molar-refractivity contribution in [2.24, 2.45) is 0 Å². The molecule has 2 heterocycles. The fourth-order valence-corrected chi connectivity index (χ4v) is 4.39. The smallest absolute Gasteiger partial charge is 0.134 e. The SMILES string of the molecule is CCC1CS(=O)CC(c2cc3cc(Br)ccc3o2)N1. The average Bonchev–Trinajstić information content (AvgIpc) is 2.80. The van der Waals surface area contributed by atoms with Crippen LogP contribution in [0.2, 0.25) is 0 Å². The van der Waals surface area contributed by atoms with Crippen LogP contribution in [-0.2, 0) is 10.8 Å². The van der Waals surface area contributed by atoms with E-state index in [1.165, 1.54) is 0 Å². The summed E-state index contributed by atoms with van der Waals surface area (Å²) in [5.74, 6) is 2.27. The van der Waals surface area contributed by atoms with Crippen molar-refractivity contribution in [3.05, 3.63) is 34.5 Å². The zero-order valence-corrected chi connectivity index (χ0v) is 13.1. The van der Waals surface area contributed by atoms with Crippen LogP contribution < -0.4 is 5.32 Å². The summed E-state index contributed by atoms with van der Waals surface area (Å²) >= 11 is 3.46. The molecule has 0 spiro atoms. The van der Waals surface area contributed by atoms with Crippen LogP contribution in [0.3, 0.4) is 0 Å². The standard InChI is InChI=1S/C14H16BrNO2S/c1-2-11-7-19(17)8-12(16-11)14-6-9-5-10(15)3-4-13(9)18-14/h3-6,11-12,16H,2,7-8H2,1H3. The third kappa shape index (κ3) is 2.78. The molecule has 0 aliphatic carbocycles. The predicted molar refractivity (Wildman–Crippen MR) is 81.7 cm³/mol. The maximum atomic E-state index is 11.9. The summed E-state index contributed by atoms with van der Waals surface area (Å²) in [6.07, 6.45) is 0.994. The van der Waals surface area contributed by atoms with Crippen molar-refractivity contribution < 1.29 is 8.63 Å². The van der Waals surface area contributed by atoms with Gasteiger partial charge in [0.05, 0.1) is 6.04 Å². The first kappa shape index (κ1) is 13.3. The minimum Gasteiger partial charge on any atom is -0.459 e. The second-order valence-corrected chi connectivity index (χ2v) is 7.39. The number of benzene rings is 1. The van der Waals surface area contributed by atoms with Crippen molar-refractivity contribution in [2.75, 3.05) is 11.5 Å². The summed E-state index contributed by atoms with van der Waals surface area (Å²) in [5, 5.41) is 4.61. The van der Waals surface area contributed by atoms with E-state index in [1.54, 1.807) is 0 Å². The molecule has 5 heteroatoms. The van der Waals surface area contributed by atoms with Gasteiger partial charge in [0, 0.05) is 38.2 Å². The van der Waals surface area contributed by atoms with Crippen molar-refractivity contribution in [2.45, 2.75) is 25.4 Å². The van der Waals surface area contributed by atoms with E-state index in [1.807, 2.05) is 24.3 Å². The first-order valence-electron chi connectivity index (χ1n) is 6.45. The van der Waals surface area contributed by atoms with Gasteiger partial charge in [-0.1, -0.05) is 22.9 Å². The Balaban J connectivity index is 1.92. The molecule has 0 bridgehead atoms. The molecule has 3 unspecified atom stereocenters. The molecule has 1 saturated heterocycles. The first-order valence-corrected chi connectivity index (χ1v) is 8.74. The van der Waals surface area contributed by atoms with Gasteiger partial charge in [0.25, 0.3) is 0 Å². The summed E-state index contributed by atoms with van der Waals surface area (Å²) in [5.41, 5.74) is 0.879. The second kappa shape index (κ2) is 5.38. The van der Waals surface area contributed by atoms with Gasteiger partial charge in [0.1, 0.15) is 11.3 Å². The Bertz CT molecular complexity index is 625. The van der Waals surface area contributed by atoms with Crippen molar-refractivity contribution in [3.63, 3.8) is 0 Å². The number of hydrogen-bond acceptors (Lipinski definition) is 3. The van der Waals surface area contributed by atoms with Gasteiger partial charge < -0.3 is 9.73 Å². The van der Waals surface area contributed by atoms with E-state index in [0.717, 1.165) is 33.4 Å². The van der Waals surface area contributed by atoms with Crippen molar-refractivity contribution in [1.29, 1.82) is 0 Å². The Labute approximate surface area is 123 Å². The maximum absolute atomic E-state index is 11.9. The Morgan fingerprint density at radius 3 is 3.05 bits per heavy atom. The number of rotatable bonds is 2. The fourth-order valence-electron chi connectivity index (χ4n) is 2.47. The molecule has 0 radical (unpaired) electrons. The minimum absolute atomic E-state index is 0.0608. The molecule has 19 heavy (non-hydrogen) atoms. The quantitative estimate of drug-likeness (QED) is 0.910. The molecular formula is C14H16BrNO2S. The lowest BCUT2D eigenvalue weighted by Gasteiger charge is -2.28. The highest BCUT2D eigenvalue weighted by Crippen LogP contribution is 2.28. The van der Waals surface area contributed by atoms with Crippen LogP contribution in [0.15, 0.2) is 33.2 Å². The van der Waals surface area contributed by atoms with Gasteiger partial charge in [-0.15, -0.1) is 0 Å². The lowest BCUT2D eigenvalue weighted by Crippen LogP contribution is -2.44. The summed E-state index contributed by atoms with van der Waals surface area (Å²) in [7, 11) is -0.759. The van der Waals surface area contributed by atoms with Crippen LogP contribution in [0.25, 0.3) is 11.0 Å². The summed E-state index contributed by atoms with van der Waals surface area (Å²) in [4.78, 5) is 0. The number of fused-ring (bicyclic) bond motifs is 1. The molecule has 3 atom stereocenters. The number of hydrogen-bond donors (Lipinski definition) is 1. The van der Waals surface area contributed by atoms with Crippen molar-refractivity contribution in [1.82, 2.24) is 5.32 Å². The Morgan fingerprint density at radius 2 is 2.26 bits per heavy atom. The summed E-state index contributed by atoms with van der Waals surface area (Å²) in [6, 6.07) is 8.40. The molecule has 1 N–H and O–H groups in total. The lowest BCUT2D eigenvalue weighted by atomic mass is 10.1. The molecule has 2 aromatic rings. The third-order valence-corrected chi connectivity index (χ3v) is 5.48. The molecule has 3 rings (SSSR count). The molecule has 1 aliphatic rings. The van der Waals surface area contributed by atoms with Gasteiger partial charge >= 0.3 is 0 Å². The van der Waals surface area contributed by atoms with Crippen LogP contribution in [0.1, 0.15) is 25.1 Å². The monoisotopic (exact) mass is 341 g/mol. The molecule has 102 valence electrons. The van der Waals surface area contributed by atoms with E-state index in [2.05, 4.69) is 28.2 Å². The number of furan rings is 1. The zero-order chi connectivity index (χ0) is 13.4. The topological polar surface area (TPSA) is 42.2 Å². The van der Waals surface area contributed by atoms with Gasteiger partial charge in [-0.05, 0) is 30.7 Å². The van der Waals surface area contributed by atoms with E-state index < -0.39 is 10.8 Å². The summed E-state index contributed by atoms with van der Waals surface area (Å²) in [6.45, 7) is 2.12. The van der Waals surface area contributed by atoms with E-state index in [9.17, 15) is 4.21 Å². The molecule has 1 aromatic heterocycles. The van der Waals surface area contributed by atoms with E-state index in [-0.39, 0.29) is 6.04 Å². The molecule has 0 saturated carbocycles. The molecule has 1 fully saturated rings. The third-order valence-electron chi connectivity index (χ3n) is 3.51. The average molecular weight is 342 g/mol. The van der Waals surface area contributed by atoms with Crippen LogP contribution in [0.4, 0.5) is 0 Å². The Kier molecular flexibility index (Phi) is 3.78. The van der Waals surface area contributed by atoms with Crippen molar-refractivity contribution >= 4 is 37.7 Å². The van der Waals surface area contributed by atoms with Crippen LogP contribution in [0, 0.1) is 0 Å². The van der Waals surface area contributed by atoms with Crippen molar-refractivity contribution in [3.8, 4) is 0 Å². The minimum atomic E-state index is -0.759. The van der Waals surface area contributed by atoms with Gasteiger partial charge in [0.2, 0.25) is 0 Å². The normalized spacial score (nSPS) is 27.8.